The fourth-order valence-electron chi connectivity index (χ4n) is 1.84. The normalized spacial score (nSPS) is 13.1. The molecule has 4 nitrogen and oxygen atoms in total. The van der Waals surface area contributed by atoms with Gasteiger partial charge in [0, 0.05) is 17.5 Å². The van der Waals surface area contributed by atoms with Gasteiger partial charge in [-0.15, -0.1) is 0 Å². The van der Waals surface area contributed by atoms with E-state index in [9.17, 15) is 0 Å². The van der Waals surface area contributed by atoms with Gasteiger partial charge in [0.1, 0.15) is 17.5 Å². The zero-order chi connectivity index (χ0) is 14.6. The van der Waals surface area contributed by atoms with E-state index < -0.39 is 0 Å². The van der Waals surface area contributed by atoms with E-state index in [0.717, 1.165) is 29.5 Å². The van der Waals surface area contributed by atoms with Crippen molar-refractivity contribution in [1.29, 1.82) is 0 Å². The van der Waals surface area contributed by atoms with Crippen LogP contribution in [0, 0.1) is 12.8 Å². The molecule has 0 aliphatic heterocycles. The van der Waals surface area contributed by atoms with Crippen LogP contribution in [0.5, 0.6) is 0 Å². The number of nitrogen functional groups attached to an aromatic ring is 1. The standard InChI is InChI=1S/C15H28N4/c1-9(2)7-8-11(5)17-15-12(6)13(16)18-14(19-15)10(3)4/h9-11H,7-8H2,1-6H3,(H3,16,17,18,19). The molecule has 0 aromatic carbocycles. The molecule has 0 radical (unpaired) electrons. The predicted octanol–water partition coefficient (Wildman–Crippen LogP) is 3.73. The van der Waals surface area contributed by atoms with Gasteiger partial charge in [0.15, 0.2) is 0 Å². The lowest BCUT2D eigenvalue weighted by molar-refractivity contribution is 0.526. The fourth-order valence-corrected chi connectivity index (χ4v) is 1.84. The number of aromatic nitrogens is 2. The van der Waals surface area contributed by atoms with Crippen molar-refractivity contribution in [2.75, 3.05) is 11.1 Å². The Morgan fingerprint density at radius 3 is 2.21 bits per heavy atom. The number of anilines is 2. The topological polar surface area (TPSA) is 63.8 Å². The highest BCUT2D eigenvalue weighted by Gasteiger charge is 2.13. The highest BCUT2D eigenvalue weighted by atomic mass is 15.1. The molecule has 1 unspecified atom stereocenters. The molecule has 0 aliphatic rings. The largest absolute Gasteiger partial charge is 0.383 e. The first kappa shape index (κ1) is 15.7. The van der Waals surface area contributed by atoms with E-state index in [1.165, 1.54) is 6.42 Å². The summed E-state index contributed by atoms with van der Waals surface area (Å²) in [6, 6.07) is 0.399. The molecule has 1 heterocycles. The molecule has 3 N–H and O–H groups in total. The maximum atomic E-state index is 5.97. The number of nitrogens with one attached hydrogen (secondary N) is 1. The van der Waals surface area contributed by atoms with Crippen molar-refractivity contribution in [3.05, 3.63) is 11.4 Å². The zero-order valence-electron chi connectivity index (χ0n) is 13.1. The van der Waals surface area contributed by atoms with Crippen LogP contribution in [-0.2, 0) is 0 Å². The molecule has 0 saturated carbocycles. The van der Waals surface area contributed by atoms with Gasteiger partial charge < -0.3 is 11.1 Å². The Labute approximate surface area is 117 Å². The van der Waals surface area contributed by atoms with Crippen LogP contribution in [0.4, 0.5) is 11.6 Å². The Morgan fingerprint density at radius 2 is 1.68 bits per heavy atom. The van der Waals surface area contributed by atoms with Crippen LogP contribution in [-0.4, -0.2) is 16.0 Å². The molecule has 1 aromatic rings. The van der Waals surface area contributed by atoms with Gasteiger partial charge in [0.2, 0.25) is 0 Å². The third-order valence-electron chi connectivity index (χ3n) is 3.28. The smallest absolute Gasteiger partial charge is 0.135 e. The average Bonchev–Trinajstić information content (AvgIpc) is 2.31. The lowest BCUT2D eigenvalue weighted by Crippen LogP contribution is -2.19. The number of rotatable bonds is 6. The van der Waals surface area contributed by atoms with E-state index >= 15 is 0 Å². The summed E-state index contributed by atoms with van der Waals surface area (Å²) >= 11 is 0. The second-order valence-electron chi connectivity index (χ2n) is 6.11. The maximum absolute atomic E-state index is 5.97. The van der Waals surface area contributed by atoms with Crippen molar-refractivity contribution in [3.8, 4) is 0 Å². The lowest BCUT2D eigenvalue weighted by atomic mass is 10.0. The molecule has 0 bridgehead atoms. The van der Waals surface area contributed by atoms with E-state index in [1.807, 2.05) is 6.92 Å². The Morgan fingerprint density at radius 1 is 1.05 bits per heavy atom. The van der Waals surface area contributed by atoms with Crippen molar-refractivity contribution in [1.82, 2.24) is 9.97 Å². The van der Waals surface area contributed by atoms with Crippen LogP contribution >= 0.6 is 0 Å². The van der Waals surface area contributed by atoms with Gasteiger partial charge in [-0.05, 0) is 32.6 Å². The Balaban J connectivity index is 2.82. The molecule has 1 rings (SSSR count). The SMILES string of the molecule is Cc1c(N)nc(C(C)C)nc1NC(C)CCC(C)C. The maximum Gasteiger partial charge on any atom is 0.135 e. The van der Waals surface area contributed by atoms with Gasteiger partial charge in [-0.1, -0.05) is 27.7 Å². The van der Waals surface area contributed by atoms with Crippen molar-refractivity contribution in [2.24, 2.45) is 5.92 Å². The van der Waals surface area contributed by atoms with E-state index in [1.54, 1.807) is 0 Å². The third kappa shape index (κ3) is 4.69. The van der Waals surface area contributed by atoms with Gasteiger partial charge in [-0.3, -0.25) is 0 Å². The molecular formula is C15H28N4. The highest BCUT2D eigenvalue weighted by molar-refractivity contribution is 5.55. The summed E-state index contributed by atoms with van der Waals surface area (Å²) < 4.78 is 0. The first-order valence-corrected chi connectivity index (χ1v) is 7.21. The van der Waals surface area contributed by atoms with Gasteiger partial charge >= 0.3 is 0 Å². The Bertz CT molecular complexity index is 413. The van der Waals surface area contributed by atoms with Crippen LogP contribution in [0.25, 0.3) is 0 Å². The zero-order valence-corrected chi connectivity index (χ0v) is 13.1. The van der Waals surface area contributed by atoms with Crippen LogP contribution in [0.2, 0.25) is 0 Å². The number of hydrogen-bond acceptors (Lipinski definition) is 4. The van der Waals surface area contributed by atoms with Gasteiger partial charge in [-0.2, -0.15) is 0 Å². The second kappa shape index (κ2) is 6.73. The molecule has 108 valence electrons. The Kier molecular flexibility index (Phi) is 5.58. The number of hydrogen-bond donors (Lipinski definition) is 2. The van der Waals surface area contributed by atoms with Crippen LogP contribution in [0.1, 0.15) is 64.8 Å². The molecule has 0 amide bonds. The summed E-state index contributed by atoms with van der Waals surface area (Å²) in [7, 11) is 0. The molecule has 0 fully saturated rings. The van der Waals surface area contributed by atoms with Crippen molar-refractivity contribution in [2.45, 2.75) is 66.3 Å². The summed E-state index contributed by atoms with van der Waals surface area (Å²) in [6.07, 6.45) is 2.35. The predicted molar refractivity (Wildman–Crippen MR) is 82.4 cm³/mol. The minimum Gasteiger partial charge on any atom is -0.383 e. The molecular weight excluding hydrogens is 236 g/mol. The van der Waals surface area contributed by atoms with Gasteiger partial charge in [-0.25, -0.2) is 9.97 Å². The van der Waals surface area contributed by atoms with E-state index in [2.05, 4.69) is 49.9 Å². The summed E-state index contributed by atoms with van der Waals surface area (Å²) in [6.45, 7) is 12.8. The van der Waals surface area contributed by atoms with Crippen molar-refractivity contribution < 1.29 is 0 Å². The Hall–Kier alpha value is -1.32. The fraction of sp³-hybridized carbons (Fsp3) is 0.733. The summed E-state index contributed by atoms with van der Waals surface area (Å²) in [5, 5.41) is 3.47. The monoisotopic (exact) mass is 264 g/mol. The number of nitrogens with zero attached hydrogens (tertiary/aromatic N) is 2. The molecule has 1 atom stereocenters. The first-order valence-electron chi connectivity index (χ1n) is 7.21. The highest BCUT2D eigenvalue weighted by Crippen LogP contribution is 2.22. The summed E-state index contributed by atoms with van der Waals surface area (Å²) in [4.78, 5) is 8.94. The molecule has 0 spiro atoms. The number of nitrogens with two attached hydrogens (primary N) is 1. The average molecular weight is 264 g/mol. The van der Waals surface area contributed by atoms with Gasteiger partial charge in [0.05, 0.1) is 0 Å². The quantitative estimate of drug-likeness (QED) is 0.821. The molecule has 0 saturated heterocycles. The molecule has 0 aliphatic carbocycles. The van der Waals surface area contributed by atoms with Gasteiger partial charge in [0.25, 0.3) is 0 Å². The third-order valence-corrected chi connectivity index (χ3v) is 3.28. The second-order valence-corrected chi connectivity index (χ2v) is 6.11. The molecule has 4 heteroatoms. The molecule has 19 heavy (non-hydrogen) atoms. The van der Waals surface area contributed by atoms with E-state index in [4.69, 9.17) is 5.73 Å². The summed E-state index contributed by atoms with van der Waals surface area (Å²) in [5.74, 6) is 3.29. The van der Waals surface area contributed by atoms with Crippen LogP contribution < -0.4 is 11.1 Å². The summed E-state index contributed by atoms with van der Waals surface area (Å²) in [5.41, 5.74) is 6.91. The van der Waals surface area contributed by atoms with Crippen LogP contribution in [0.15, 0.2) is 0 Å². The lowest BCUT2D eigenvalue weighted by Gasteiger charge is -2.19. The van der Waals surface area contributed by atoms with E-state index in [-0.39, 0.29) is 5.92 Å². The first-order chi connectivity index (χ1) is 8.81. The minimum absolute atomic E-state index is 0.287. The van der Waals surface area contributed by atoms with Crippen molar-refractivity contribution >= 4 is 11.6 Å². The van der Waals surface area contributed by atoms with E-state index in [0.29, 0.717) is 11.9 Å². The molecule has 1 aromatic heterocycles. The van der Waals surface area contributed by atoms with Crippen molar-refractivity contribution in [3.63, 3.8) is 0 Å². The van der Waals surface area contributed by atoms with Crippen LogP contribution in [0.3, 0.4) is 0 Å². The minimum atomic E-state index is 0.287.